The first-order valence-electron chi connectivity index (χ1n) is 5.58. The minimum absolute atomic E-state index is 0.105. The van der Waals surface area contributed by atoms with Crippen LogP contribution in [0.1, 0.15) is 6.92 Å². The van der Waals surface area contributed by atoms with Gasteiger partial charge in [0, 0.05) is 13.6 Å². The second kappa shape index (κ2) is 5.69. The second-order valence-corrected chi connectivity index (χ2v) is 4.50. The van der Waals surface area contributed by atoms with E-state index in [-0.39, 0.29) is 22.2 Å². The van der Waals surface area contributed by atoms with E-state index >= 15 is 0 Å². The van der Waals surface area contributed by atoms with Crippen LogP contribution in [0.2, 0.25) is 0 Å². The summed E-state index contributed by atoms with van der Waals surface area (Å²) >= 11 is 0.932. The average molecular weight is 297 g/mol. The summed E-state index contributed by atoms with van der Waals surface area (Å²) in [6.07, 6.45) is 1.21. The molecule has 0 aromatic carbocycles. The van der Waals surface area contributed by atoms with Gasteiger partial charge >= 0.3 is 11.4 Å². The zero-order valence-electron chi connectivity index (χ0n) is 10.7. The van der Waals surface area contributed by atoms with Gasteiger partial charge in [-0.15, -0.1) is 5.10 Å². The van der Waals surface area contributed by atoms with E-state index in [9.17, 15) is 14.9 Å². The van der Waals surface area contributed by atoms with E-state index in [2.05, 4.69) is 25.5 Å². The van der Waals surface area contributed by atoms with Gasteiger partial charge in [0.15, 0.2) is 10.2 Å². The van der Waals surface area contributed by atoms with Gasteiger partial charge in [0.2, 0.25) is 5.82 Å². The summed E-state index contributed by atoms with van der Waals surface area (Å²) in [5.74, 6) is 0.105. The number of rotatable bonds is 5. The van der Waals surface area contributed by atoms with Crippen molar-refractivity contribution in [2.45, 2.75) is 23.7 Å². The highest BCUT2D eigenvalue weighted by atomic mass is 32.2. The normalized spacial score (nSPS) is 10.5. The molecule has 106 valence electrons. The SMILES string of the molecule is CCn1c(Sc2ncnc(NC)c2[N+](=O)[O-])n[nH]c1=O. The van der Waals surface area contributed by atoms with E-state index in [1.807, 2.05) is 0 Å². The highest BCUT2D eigenvalue weighted by Gasteiger charge is 2.24. The Morgan fingerprint density at radius 3 is 2.90 bits per heavy atom. The molecule has 0 spiro atoms. The first-order chi connectivity index (χ1) is 9.58. The number of H-pyrrole nitrogens is 1. The Hall–Kier alpha value is -2.43. The zero-order chi connectivity index (χ0) is 14.7. The van der Waals surface area contributed by atoms with Crippen molar-refractivity contribution in [2.24, 2.45) is 0 Å². The van der Waals surface area contributed by atoms with Gasteiger partial charge in [0.1, 0.15) is 6.33 Å². The van der Waals surface area contributed by atoms with E-state index in [0.717, 1.165) is 11.8 Å². The first kappa shape index (κ1) is 14.0. The van der Waals surface area contributed by atoms with Gasteiger partial charge in [-0.05, 0) is 18.7 Å². The molecule has 0 aliphatic heterocycles. The topological polar surface area (TPSA) is 132 Å². The lowest BCUT2D eigenvalue weighted by Crippen LogP contribution is -2.16. The quantitative estimate of drug-likeness (QED) is 0.462. The molecule has 0 bridgehead atoms. The highest BCUT2D eigenvalue weighted by Crippen LogP contribution is 2.34. The van der Waals surface area contributed by atoms with E-state index in [1.165, 1.54) is 17.9 Å². The van der Waals surface area contributed by atoms with Crippen molar-refractivity contribution in [3.05, 3.63) is 26.9 Å². The van der Waals surface area contributed by atoms with Crippen LogP contribution in [-0.4, -0.2) is 36.7 Å². The summed E-state index contributed by atoms with van der Waals surface area (Å²) < 4.78 is 1.36. The predicted octanol–water partition coefficient (Wildman–Crippen LogP) is 0.482. The lowest BCUT2D eigenvalue weighted by Gasteiger charge is -2.05. The van der Waals surface area contributed by atoms with E-state index < -0.39 is 4.92 Å². The maximum absolute atomic E-state index is 11.5. The Morgan fingerprint density at radius 2 is 2.30 bits per heavy atom. The Bertz CT molecular complexity index is 695. The van der Waals surface area contributed by atoms with Crippen LogP contribution in [0.25, 0.3) is 0 Å². The van der Waals surface area contributed by atoms with Gasteiger partial charge in [-0.3, -0.25) is 14.7 Å². The van der Waals surface area contributed by atoms with Gasteiger partial charge in [0.05, 0.1) is 4.92 Å². The molecule has 0 saturated heterocycles. The fourth-order valence-electron chi connectivity index (χ4n) is 1.53. The maximum Gasteiger partial charge on any atom is 0.343 e. The Labute approximate surface area is 116 Å². The largest absolute Gasteiger partial charge is 0.367 e. The molecule has 0 atom stereocenters. The Kier molecular flexibility index (Phi) is 3.98. The highest BCUT2D eigenvalue weighted by molar-refractivity contribution is 7.99. The monoisotopic (exact) mass is 297 g/mol. The van der Waals surface area contributed by atoms with Crippen LogP contribution >= 0.6 is 11.8 Å². The van der Waals surface area contributed by atoms with Crippen molar-refractivity contribution in [1.29, 1.82) is 0 Å². The van der Waals surface area contributed by atoms with Gasteiger partial charge in [-0.25, -0.2) is 19.9 Å². The lowest BCUT2D eigenvalue weighted by atomic mass is 10.5. The number of nitrogens with one attached hydrogen (secondary N) is 2. The van der Waals surface area contributed by atoms with Gasteiger partial charge < -0.3 is 5.32 Å². The predicted molar refractivity (Wildman–Crippen MR) is 70.9 cm³/mol. The van der Waals surface area contributed by atoms with Crippen LogP contribution in [-0.2, 0) is 6.54 Å². The standard InChI is InChI=1S/C9H11N7O3S/c1-3-15-8(17)13-14-9(15)20-7-5(16(18)19)6(10-2)11-4-12-7/h4H,3H2,1-2H3,(H,13,17)(H,10,11,12). The Morgan fingerprint density at radius 1 is 1.55 bits per heavy atom. The minimum atomic E-state index is -0.574. The van der Waals surface area contributed by atoms with Gasteiger partial charge in [-0.1, -0.05) is 0 Å². The molecule has 0 fully saturated rings. The lowest BCUT2D eigenvalue weighted by molar-refractivity contribution is -0.387. The number of aromatic amines is 1. The number of hydrogen-bond acceptors (Lipinski definition) is 8. The molecule has 2 heterocycles. The van der Waals surface area contributed by atoms with Crippen molar-refractivity contribution in [3.63, 3.8) is 0 Å². The van der Waals surface area contributed by atoms with Crippen LogP contribution < -0.4 is 11.0 Å². The number of nitrogens with zero attached hydrogens (tertiary/aromatic N) is 5. The molecular weight excluding hydrogens is 286 g/mol. The van der Waals surface area contributed by atoms with Crippen molar-refractivity contribution >= 4 is 23.3 Å². The fourth-order valence-corrected chi connectivity index (χ4v) is 2.49. The summed E-state index contributed by atoms with van der Waals surface area (Å²) in [6, 6.07) is 0. The molecule has 0 unspecified atom stereocenters. The number of nitro groups is 1. The summed E-state index contributed by atoms with van der Waals surface area (Å²) in [4.78, 5) is 29.7. The summed E-state index contributed by atoms with van der Waals surface area (Å²) in [5, 5.41) is 20.3. The van der Waals surface area contributed by atoms with Crippen molar-refractivity contribution in [3.8, 4) is 0 Å². The van der Waals surface area contributed by atoms with Crippen LogP contribution in [0.15, 0.2) is 21.3 Å². The maximum atomic E-state index is 11.5. The van der Waals surface area contributed by atoms with E-state index in [0.29, 0.717) is 11.7 Å². The zero-order valence-corrected chi connectivity index (χ0v) is 11.5. The third-order valence-corrected chi connectivity index (χ3v) is 3.42. The molecule has 11 heteroatoms. The van der Waals surface area contributed by atoms with Gasteiger partial charge in [-0.2, -0.15) is 0 Å². The molecule has 2 N–H and O–H groups in total. The van der Waals surface area contributed by atoms with Crippen LogP contribution in [0.4, 0.5) is 11.5 Å². The van der Waals surface area contributed by atoms with Crippen LogP contribution in [0.5, 0.6) is 0 Å². The smallest absolute Gasteiger partial charge is 0.343 e. The summed E-state index contributed by atoms with van der Waals surface area (Å²) in [5.41, 5.74) is -0.626. The first-order valence-corrected chi connectivity index (χ1v) is 6.40. The molecule has 2 aromatic rings. The molecule has 0 aliphatic rings. The molecule has 20 heavy (non-hydrogen) atoms. The second-order valence-electron chi connectivity index (χ2n) is 3.54. The van der Waals surface area contributed by atoms with E-state index in [4.69, 9.17) is 0 Å². The molecule has 10 nitrogen and oxygen atoms in total. The van der Waals surface area contributed by atoms with Crippen molar-refractivity contribution < 1.29 is 4.92 Å². The average Bonchev–Trinajstić information content (AvgIpc) is 2.78. The third kappa shape index (κ3) is 2.47. The van der Waals surface area contributed by atoms with E-state index in [1.54, 1.807) is 6.92 Å². The van der Waals surface area contributed by atoms with Crippen LogP contribution in [0.3, 0.4) is 0 Å². The number of anilines is 1. The fraction of sp³-hybridized carbons (Fsp3) is 0.333. The van der Waals surface area contributed by atoms with Crippen molar-refractivity contribution in [2.75, 3.05) is 12.4 Å². The van der Waals surface area contributed by atoms with Crippen molar-refractivity contribution in [1.82, 2.24) is 24.7 Å². The van der Waals surface area contributed by atoms with Crippen LogP contribution in [0, 0.1) is 10.1 Å². The summed E-state index contributed by atoms with van der Waals surface area (Å²) in [7, 11) is 1.53. The molecule has 0 radical (unpaired) electrons. The number of hydrogen-bond donors (Lipinski definition) is 2. The minimum Gasteiger partial charge on any atom is -0.367 e. The number of aromatic nitrogens is 5. The molecule has 0 saturated carbocycles. The molecular formula is C9H11N7O3S. The summed E-state index contributed by atoms with van der Waals surface area (Å²) in [6.45, 7) is 2.17. The third-order valence-electron chi connectivity index (χ3n) is 2.44. The molecule has 2 rings (SSSR count). The van der Waals surface area contributed by atoms with Gasteiger partial charge in [0.25, 0.3) is 0 Å². The molecule has 0 aliphatic carbocycles. The molecule has 2 aromatic heterocycles. The Balaban J connectivity index is 2.48. The molecule has 0 amide bonds.